The van der Waals surface area contributed by atoms with Crippen molar-refractivity contribution >= 4 is 11.6 Å². The van der Waals surface area contributed by atoms with Gasteiger partial charge < -0.3 is 5.73 Å². The van der Waals surface area contributed by atoms with E-state index in [0.29, 0.717) is 17.5 Å². The number of nitrogens with two attached hydrogens (primary N) is 1. The minimum absolute atomic E-state index is 0.412. The molecule has 0 aliphatic heterocycles. The minimum Gasteiger partial charge on any atom is -0.325 e. The summed E-state index contributed by atoms with van der Waals surface area (Å²) in [5, 5.41) is 9.04. The van der Waals surface area contributed by atoms with Crippen LogP contribution < -0.4 is 5.73 Å². The highest BCUT2D eigenvalue weighted by Gasteiger charge is 2.14. The van der Waals surface area contributed by atoms with Crippen LogP contribution in [0, 0.1) is 5.92 Å². The van der Waals surface area contributed by atoms with Crippen molar-refractivity contribution in [3.8, 4) is 5.69 Å². The molecule has 0 bridgehead atoms. The van der Waals surface area contributed by atoms with Gasteiger partial charge in [-0.2, -0.15) is 0 Å². The molecule has 2 N–H and O–H groups in total. The smallest absolute Gasteiger partial charge is 0.0999 e. The van der Waals surface area contributed by atoms with Crippen molar-refractivity contribution in [2.45, 2.75) is 26.8 Å². The lowest BCUT2D eigenvalue weighted by Gasteiger charge is -2.09. The Balaban J connectivity index is 2.43. The summed E-state index contributed by atoms with van der Waals surface area (Å²) in [7, 11) is 0. The summed E-state index contributed by atoms with van der Waals surface area (Å²) in [6.07, 6.45) is 0.905. The summed E-state index contributed by atoms with van der Waals surface area (Å²) in [5.41, 5.74) is 8.60. The highest BCUT2D eigenvalue weighted by Crippen LogP contribution is 2.18. The number of rotatable bonds is 4. The van der Waals surface area contributed by atoms with Crippen LogP contribution in [0.3, 0.4) is 0 Å². The quantitative estimate of drug-likeness (QED) is 0.923. The lowest BCUT2D eigenvalue weighted by molar-refractivity contribution is 0.611. The average Bonchev–Trinajstić information content (AvgIpc) is 2.72. The van der Waals surface area contributed by atoms with Crippen LogP contribution in [0.2, 0.25) is 5.02 Å². The first-order valence-corrected chi connectivity index (χ1v) is 6.39. The van der Waals surface area contributed by atoms with Gasteiger partial charge in [0.1, 0.15) is 0 Å². The molecule has 0 aliphatic carbocycles. The number of hydrogen-bond donors (Lipinski definition) is 1. The van der Waals surface area contributed by atoms with Gasteiger partial charge in [0.05, 0.1) is 17.1 Å². The Kier molecular flexibility index (Phi) is 3.99. The fourth-order valence-corrected chi connectivity index (χ4v) is 2.00. The zero-order valence-corrected chi connectivity index (χ0v) is 11.4. The van der Waals surface area contributed by atoms with E-state index in [-0.39, 0.29) is 0 Å². The second kappa shape index (κ2) is 5.50. The summed E-state index contributed by atoms with van der Waals surface area (Å²) in [6.45, 7) is 4.74. The van der Waals surface area contributed by atoms with Crippen molar-refractivity contribution in [2.24, 2.45) is 11.7 Å². The Hall–Kier alpha value is -1.39. The molecule has 0 unspecified atom stereocenters. The maximum Gasteiger partial charge on any atom is 0.0999 e. The zero-order valence-electron chi connectivity index (χ0n) is 10.6. The van der Waals surface area contributed by atoms with E-state index < -0.39 is 0 Å². The van der Waals surface area contributed by atoms with E-state index in [1.807, 2.05) is 28.9 Å². The van der Waals surface area contributed by atoms with Gasteiger partial charge in [-0.1, -0.05) is 30.7 Å². The molecule has 0 spiro atoms. The zero-order chi connectivity index (χ0) is 13.1. The van der Waals surface area contributed by atoms with E-state index in [2.05, 4.69) is 24.2 Å². The Labute approximate surface area is 112 Å². The van der Waals surface area contributed by atoms with Crippen LogP contribution in [-0.4, -0.2) is 15.0 Å². The number of nitrogens with zero attached hydrogens (tertiary/aromatic N) is 3. The molecule has 0 saturated heterocycles. The summed E-state index contributed by atoms with van der Waals surface area (Å²) >= 11 is 5.89. The molecule has 0 amide bonds. The van der Waals surface area contributed by atoms with Crippen LogP contribution in [-0.2, 0) is 13.0 Å². The molecular formula is C13H17ClN4. The van der Waals surface area contributed by atoms with Crippen molar-refractivity contribution in [3.05, 3.63) is 40.7 Å². The summed E-state index contributed by atoms with van der Waals surface area (Å²) in [6, 6.07) is 7.56. The predicted octanol–water partition coefficient (Wildman–Crippen LogP) is 2.58. The van der Waals surface area contributed by atoms with E-state index in [4.69, 9.17) is 17.3 Å². The molecule has 4 nitrogen and oxygen atoms in total. The van der Waals surface area contributed by atoms with E-state index in [1.165, 1.54) is 0 Å². The summed E-state index contributed by atoms with van der Waals surface area (Å²) in [4.78, 5) is 0. The molecule has 2 aromatic rings. The number of halogens is 1. The first-order chi connectivity index (χ1) is 8.61. The van der Waals surface area contributed by atoms with Crippen LogP contribution in [0.15, 0.2) is 24.3 Å². The fourth-order valence-electron chi connectivity index (χ4n) is 1.87. The number of hydrogen-bond acceptors (Lipinski definition) is 3. The van der Waals surface area contributed by atoms with Gasteiger partial charge in [0.2, 0.25) is 0 Å². The van der Waals surface area contributed by atoms with Crippen LogP contribution in [0.25, 0.3) is 5.69 Å². The van der Waals surface area contributed by atoms with E-state index in [9.17, 15) is 0 Å². The van der Waals surface area contributed by atoms with Crippen LogP contribution in [0.4, 0.5) is 0 Å². The van der Waals surface area contributed by atoms with E-state index in [1.54, 1.807) is 0 Å². The maximum atomic E-state index is 5.89. The van der Waals surface area contributed by atoms with Crippen molar-refractivity contribution in [1.29, 1.82) is 0 Å². The summed E-state index contributed by atoms with van der Waals surface area (Å²) in [5.74, 6) is 0.528. The highest BCUT2D eigenvalue weighted by atomic mass is 35.5. The van der Waals surface area contributed by atoms with Gasteiger partial charge in [0.25, 0.3) is 0 Å². The van der Waals surface area contributed by atoms with Crippen LogP contribution in [0.1, 0.15) is 25.2 Å². The largest absolute Gasteiger partial charge is 0.325 e. The van der Waals surface area contributed by atoms with Crippen LogP contribution in [0.5, 0.6) is 0 Å². The Morgan fingerprint density at radius 2 is 1.94 bits per heavy atom. The molecule has 2 rings (SSSR count). The first kappa shape index (κ1) is 13.1. The van der Waals surface area contributed by atoms with Gasteiger partial charge in [0, 0.05) is 11.6 Å². The van der Waals surface area contributed by atoms with E-state index in [0.717, 1.165) is 23.5 Å². The van der Waals surface area contributed by atoms with Crippen molar-refractivity contribution < 1.29 is 0 Å². The standard InChI is InChI=1S/C13H17ClN4/c1-9(2)7-13-12(8-15)16-17-18(13)11-5-3-10(14)4-6-11/h3-6,9H,7-8,15H2,1-2H3. The summed E-state index contributed by atoms with van der Waals surface area (Å²) < 4.78 is 1.85. The lowest BCUT2D eigenvalue weighted by Crippen LogP contribution is -2.09. The Bertz CT molecular complexity index is 516. The van der Waals surface area contributed by atoms with Crippen molar-refractivity contribution in [2.75, 3.05) is 0 Å². The Morgan fingerprint density at radius 1 is 1.28 bits per heavy atom. The Morgan fingerprint density at radius 3 is 2.50 bits per heavy atom. The molecule has 5 heteroatoms. The third-order valence-corrected chi connectivity index (χ3v) is 2.96. The van der Waals surface area contributed by atoms with Gasteiger partial charge in [-0.25, -0.2) is 4.68 Å². The molecule has 0 radical (unpaired) electrons. The molecule has 0 aliphatic rings. The van der Waals surface area contributed by atoms with Crippen molar-refractivity contribution in [3.63, 3.8) is 0 Å². The second-order valence-corrected chi connectivity index (χ2v) is 5.11. The molecule has 0 fully saturated rings. The SMILES string of the molecule is CC(C)Cc1c(CN)nnn1-c1ccc(Cl)cc1. The van der Waals surface area contributed by atoms with Gasteiger partial charge in [-0.05, 0) is 36.6 Å². The molecule has 1 heterocycles. The number of benzene rings is 1. The van der Waals surface area contributed by atoms with Gasteiger partial charge >= 0.3 is 0 Å². The molecule has 18 heavy (non-hydrogen) atoms. The lowest BCUT2D eigenvalue weighted by atomic mass is 10.1. The topological polar surface area (TPSA) is 56.7 Å². The van der Waals surface area contributed by atoms with Gasteiger partial charge in [-0.3, -0.25) is 0 Å². The third-order valence-electron chi connectivity index (χ3n) is 2.71. The number of aromatic nitrogens is 3. The molecule has 0 saturated carbocycles. The normalized spacial score (nSPS) is 11.2. The highest BCUT2D eigenvalue weighted by molar-refractivity contribution is 6.30. The maximum absolute atomic E-state index is 5.89. The van der Waals surface area contributed by atoms with Gasteiger partial charge in [-0.15, -0.1) is 5.10 Å². The minimum atomic E-state index is 0.412. The molecule has 96 valence electrons. The molecular weight excluding hydrogens is 248 g/mol. The monoisotopic (exact) mass is 264 g/mol. The molecule has 1 aromatic carbocycles. The van der Waals surface area contributed by atoms with Crippen LogP contribution >= 0.6 is 11.6 Å². The average molecular weight is 265 g/mol. The molecule has 1 aromatic heterocycles. The fraction of sp³-hybridized carbons (Fsp3) is 0.385. The van der Waals surface area contributed by atoms with Crippen molar-refractivity contribution in [1.82, 2.24) is 15.0 Å². The van der Waals surface area contributed by atoms with E-state index >= 15 is 0 Å². The second-order valence-electron chi connectivity index (χ2n) is 4.67. The third kappa shape index (κ3) is 2.71. The molecule has 0 atom stereocenters. The first-order valence-electron chi connectivity index (χ1n) is 6.01. The van der Waals surface area contributed by atoms with Gasteiger partial charge in [0.15, 0.2) is 0 Å². The predicted molar refractivity (Wildman–Crippen MR) is 72.8 cm³/mol.